The topological polar surface area (TPSA) is 25.2 Å². The molecule has 0 aliphatic heterocycles. The molecule has 0 aliphatic rings. The molecule has 25 heavy (non-hydrogen) atoms. The van der Waals surface area contributed by atoms with Crippen molar-refractivity contribution in [1.82, 2.24) is 5.32 Å². The summed E-state index contributed by atoms with van der Waals surface area (Å²) in [6.07, 6.45) is 2.15. The van der Waals surface area contributed by atoms with Crippen LogP contribution >= 0.6 is 23.2 Å². The molecule has 130 valence electrons. The lowest BCUT2D eigenvalue weighted by Gasteiger charge is -2.12. The first-order chi connectivity index (χ1) is 12.1. The Bertz CT molecular complexity index is 814. The molecule has 1 atom stereocenters. The van der Waals surface area contributed by atoms with Gasteiger partial charge in [0.2, 0.25) is 0 Å². The summed E-state index contributed by atoms with van der Waals surface area (Å²) in [6.45, 7) is 2.88. The molecule has 0 aliphatic carbocycles. The lowest BCUT2D eigenvalue weighted by molar-refractivity contribution is 0.449. The highest BCUT2D eigenvalue weighted by Crippen LogP contribution is 2.31. The molecule has 3 aromatic rings. The van der Waals surface area contributed by atoms with E-state index in [9.17, 15) is 0 Å². The van der Waals surface area contributed by atoms with Crippen molar-refractivity contribution < 1.29 is 4.42 Å². The van der Waals surface area contributed by atoms with Crippen molar-refractivity contribution in [3.8, 4) is 11.3 Å². The van der Waals surface area contributed by atoms with Gasteiger partial charge < -0.3 is 9.73 Å². The normalized spacial score (nSPS) is 12.3. The highest BCUT2D eigenvalue weighted by Gasteiger charge is 2.10. The van der Waals surface area contributed by atoms with Gasteiger partial charge in [0.05, 0.1) is 11.6 Å². The van der Waals surface area contributed by atoms with Gasteiger partial charge in [-0.3, -0.25) is 0 Å². The number of aryl methyl sites for hydroxylation is 1. The summed E-state index contributed by atoms with van der Waals surface area (Å²) in [5.74, 6) is 1.62. The summed E-state index contributed by atoms with van der Waals surface area (Å²) in [4.78, 5) is 0. The predicted octanol–water partition coefficient (Wildman–Crippen LogP) is 6.36. The molecule has 1 N–H and O–H groups in total. The van der Waals surface area contributed by atoms with Crippen molar-refractivity contribution in [2.45, 2.75) is 32.4 Å². The highest BCUT2D eigenvalue weighted by molar-refractivity contribution is 6.35. The monoisotopic (exact) mass is 373 g/mol. The molecule has 0 unspecified atom stereocenters. The molecule has 0 fully saturated rings. The van der Waals surface area contributed by atoms with Gasteiger partial charge in [0, 0.05) is 16.6 Å². The summed E-state index contributed by atoms with van der Waals surface area (Å²) < 4.78 is 5.91. The number of rotatable bonds is 7. The third-order valence-electron chi connectivity index (χ3n) is 4.19. The van der Waals surface area contributed by atoms with Crippen LogP contribution in [0.25, 0.3) is 11.3 Å². The van der Waals surface area contributed by atoms with Gasteiger partial charge in [-0.05, 0) is 55.7 Å². The Morgan fingerprint density at radius 1 is 1.00 bits per heavy atom. The second kappa shape index (κ2) is 8.57. The minimum atomic E-state index is 0.406. The van der Waals surface area contributed by atoms with Crippen molar-refractivity contribution in [2.75, 3.05) is 0 Å². The minimum absolute atomic E-state index is 0.406. The van der Waals surface area contributed by atoms with Crippen LogP contribution in [0, 0.1) is 0 Å². The molecule has 0 bridgehead atoms. The number of nitrogens with one attached hydrogen (secondary N) is 1. The van der Waals surface area contributed by atoms with Crippen LogP contribution in [-0.2, 0) is 13.0 Å². The van der Waals surface area contributed by atoms with E-state index in [4.69, 9.17) is 27.6 Å². The van der Waals surface area contributed by atoms with Gasteiger partial charge in [-0.2, -0.15) is 0 Å². The second-order valence-corrected chi connectivity index (χ2v) is 7.04. The van der Waals surface area contributed by atoms with Crippen LogP contribution in [0.1, 0.15) is 24.7 Å². The van der Waals surface area contributed by atoms with Gasteiger partial charge in [0.15, 0.2) is 0 Å². The van der Waals surface area contributed by atoms with E-state index in [2.05, 4.69) is 36.5 Å². The van der Waals surface area contributed by atoms with Gasteiger partial charge in [0.1, 0.15) is 11.5 Å². The maximum absolute atomic E-state index is 6.23. The van der Waals surface area contributed by atoms with E-state index in [1.807, 2.05) is 24.3 Å². The fraction of sp³-hybridized carbons (Fsp3) is 0.238. The maximum Gasteiger partial charge on any atom is 0.135 e. The lowest BCUT2D eigenvalue weighted by Crippen LogP contribution is -2.25. The molecule has 2 nitrogen and oxygen atoms in total. The van der Waals surface area contributed by atoms with E-state index in [1.54, 1.807) is 12.1 Å². The molecular weight excluding hydrogens is 353 g/mol. The zero-order valence-electron chi connectivity index (χ0n) is 14.1. The largest absolute Gasteiger partial charge is 0.460 e. The Hall–Kier alpha value is -1.74. The summed E-state index contributed by atoms with van der Waals surface area (Å²) in [5.41, 5.74) is 2.18. The zero-order valence-corrected chi connectivity index (χ0v) is 15.6. The van der Waals surface area contributed by atoms with Gasteiger partial charge in [-0.15, -0.1) is 0 Å². The van der Waals surface area contributed by atoms with Crippen LogP contribution in [-0.4, -0.2) is 6.04 Å². The van der Waals surface area contributed by atoms with E-state index >= 15 is 0 Å². The van der Waals surface area contributed by atoms with Crippen LogP contribution in [0.5, 0.6) is 0 Å². The fourth-order valence-electron chi connectivity index (χ4n) is 2.71. The Labute approximate surface area is 158 Å². The van der Waals surface area contributed by atoms with Crippen LogP contribution in [0.15, 0.2) is 65.1 Å². The van der Waals surface area contributed by atoms with E-state index in [0.29, 0.717) is 22.6 Å². The molecule has 1 aromatic heterocycles. The summed E-state index contributed by atoms with van der Waals surface area (Å²) in [5, 5.41) is 4.78. The summed E-state index contributed by atoms with van der Waals surface area (Å²) >= 11 is 12.3. The molecule has 4 heteroatoms. The van der Waals surface area contributed by atoms with E-state index in [0.717, 1.165) is 29.9 Å². The van der Waals surface area contributed by atoms with Crippen molar-refractivity contribution >= 4 is 23.2 Å². The van der Waals surface area contributed by atoms with Gasteiger partial charge in [-0.1, -0.05) is 53.5 Å². The molecule has 2 aromatic carbocycles. The number of benzene rings is 2. The number of halogens is 2. The van der Waals surface area contributed by atoms with E-state index in [1.165, 1.54) is 5.56 Å². The number of hydrogen-bond acceptors (Lipinski definition) is 2. The van der Waals surface area contributed by atoms with E-state index < -0.39 is 0 Å². The second-order valence-electron chi connectivity index (χ2n) is 6.20. The Kier molecular flexibility index (Phi) is 6.19. The molecule has 0 saturated heterocycles. The van der Waals surface area contributed by atoms with Crippen molar-refractivity contribution in [1.29, 1.82) is 0 Å². The van der Waals surface area contributed by atoms with Crippen LogP contribution in [0.4, 0.5) is 0 Å². The first-order valence-electron chi connectivity index (χ1n) is 8.43. The highest BCUT2D eigenvalue weighted by atomic mass is 35.5. The molecule has 3 rings (SSSR count). The maximum atomic E-state index is 6.23. The standard InChI is InChI=1S/C21H21Cl2NO/c1-15(7-8-16-5-3-2-4-6-16)24-14-18-10-12-21(25-18)19-13-17(22)9-11-20(19)23/h2-6,9-13,15,24H,7-8,14H2,1H3/t15-/m0/s1. The molecule has 0 saturated carbocycles. The Morgan fingerprint density at radius 2 is 1.80 bits per heavy atom. The number of hydrogen-bond donors (Lipinski definition) is 1. The number of furan rings is 1. The van der Waals surface area contributed by atoms with Gasteiger partial charge in [0.25, 0.3) is 0 Å². The SMILES string of the molecule is C[C@@H](CCc1ccccc1)NCc1ccc(-c2cc(Cl)ccc2Cl)o1. The molecule has 1 heterocycles. The quantitative estimate of drug-likeness (QED) is 0.520. The zero-order chi connectivity index (χ0) is 17.6. The summed E-state index contributed by atoms with van der Waals surface area (Å²) in [7, 11) is 0. The van der Waals surface area contributed by atoms with Crippen molar-refractivity contribution in [2.24, 2.45) is 0 Å². The molecule has 0 radical (unpaired) electrons. The Balaban J connectivity index is 1.54. The molecule has 0 amide bonds. The summed E-state index contributed by atoms with van der Waals surface area (Å²) in [6, 6.07) is 20.2. The lowest BCUT2D eigenvalue weighted by atomic mass is 10.1. The molecule has 0 spiro atoms. The van der Waals surface area contributed by atoms with Crippen LogP contribution < -0.4 is 5.32 Å². The smallest absolute Gasteiger partial charge is 0.135 e. The van der Waals surface area contributed by atoms with Crippen LogP contribution in [0.3, 0.4) is 0 Å². The van der Waals surface area contributed by atoms with Gasteiger partial charge >= 0.3 is 0 Å². The Morgan fingerprint density at radius 3 is 2.60 bits per heavy atom. The third-order valence-corrected chi connectivity index (χ3v) is 4.75. The first-order valence-corrected chi connectivity index (χ1v) is 9.19. The van der Waals surface area contributed by atoms with Crippen molar-refractivity contribution in [3.05, 3.63) is 82.0 Å². The van der Waals surface area contributed by atoms with Gasteiger partial charge in [-0.25, -0.2) is 0 Å². The van der Waals surface area contributed by atoms with Crippen molar-refractivity contribution in [3.63, 3.8) is 0 Å². The third kappa shape index (κ3) is 5.12. The first kappa shape index (κ1) is 18.1. The average Bonchev–Trinajstić information content (AvgIpc) is 3.10. The fourth-order valence-corrected chi connectivity index (χ4v) is 3.09. The average molecular weight is 374 g/mol. The predicted molar refractivity (Wildman–Crippen MR) is 105 cm³/mol. The minimum Gasteiger partial charge on any atom is -0.460 e. The molecular formula is C21H21Cl2NO. The van der Waals surface area contributed by atoms with Crippen LogP contribution in [0.2, 0.25) is 10.0 Å². The van der Waals surface area contributed by atoms with E-state index in [-0.39, 0.29) is 0 Å².